The van der Waals surface area contributed by atoms with Crippen LogP contribution in [0.3, 0.4) is 0 Å². The number of halogens is 1. The minimum atomic E-state index is -0.723. The third-order valence-corrected chi connectivity index (χ3v) is 3.58. The molecule has 1 rings (SSSR count). The standard InChI is InChI=1S/C14H29N3O2.ClH/c1-3-6-14(2,15)13(18)16-7-4-5-8-17-9-11-19-12-10-17;/h3-12,15H2,1-2H3,(H,16,18);1H. The van der Waals surface area contributed by atoms with Crippen molar-refractivity contribution in [2.45, 2.75) is 45.1 Å². The van der Waals surface area contributed by atoms with Gasteiger partial charge in [0, 0.05) is 19.6 Å². The number of morpholine rings is 1. The molecule has 1 aliphatic rings. The second-order valence-electron chi connectivity index (χ2n) is 5.58. The van der Waals surface area contributed by atoms with E-state index in [4.69, 9.17) is 10.5 Å². The molecule has 0 aromatic carbocycles. The molecule has 1 saturated heterocycles. The van der Waals surface area contributed by atoms with Crippen LogP contribution in [-0.4, -0.2) is 55.7 Å². The van der Waals surface area contributed by atoms with Crippen LogP contribution in [0, 0.1) is 0 Å². The van der Waals surface area contributed by atoms with Gasteiger partial charge in [0.1, 0.15) is 0 Å². The summed E-state index contributed by atoms with van der Waals surface area (Å²) in [5.41, 5.74) is 5.25. The number of hydrogen-bond donors (Lipinski definition) is 2. The quantitative estimate of drug-likeness (QED) is 0.660. The molecular weight excluding hydrogens is 278 g/mol. The average molecular weight is 308 g/mol. The summed E-state index contributed by atoms with van der Waals surface area (Å²) in [7, 11) is 0. The Balaban J connectivity index is 0.00000361. The first-order valence-corrected chi connectivity index (χ1v) is 7.43. The number of carbonyl (C=O) groups excluding carboxylic acids is 1. The highest BCUT2D eigenvalue weighted by atomic mass is 35.5. The Morgan fingerprint density at radius 1 is 1.35 bits per heavy atom. The van der Waals surface area contributed by atoms with Crippen LogP contribution < -0.4 is 11.1 Å². The smallest absolute Gasteiger partial charge is 0.239 e. The Hall–Kier alpha value is -0.360. The summed E-state index contributed by atoms with van der Waals surface area (Å²) in [6.07, 6.45) is 3.77. The molecule has 0 aromatic rings. The lowest BCUT2D eigenvalue weighted by Gasteiger charge is -2.26. The molecule has 1 atom stereocenters. The molecule has 120 valence electrons. The highest BCUT2D eigenvalue weighted by molar-refractivity contribution is 5.85. The number of nitrogens with two attached hydrogens (primary N) is 1. The number of rotatable bonds is 8. The SMILES string of the molecule is CCCC(C)(N)C(=O)NCCCCN1CCOCC1.Cl. The first-order valence-electron chi connectivity index (χ1n) is 7.43. The first-order chi connectivity index (χ1) is 9.06. The van der Waals surface area contributed by atoms with Crippen molar-refractivity contribution in [3.8, 4) is 0 Å². The van der Waals surface area contributed by atoms with E-state index in [1.54, 1.807) is 6.92 Å². The molecule has 1 fully saturated rings. The van der Waals surface area contributed by atoms with Crippen LogP contribution in [0.2, 0.25) is 0 Å². The predicted molar refractivity (Wildman–Crippen MR) is 84.3 cm³/mol. The van der Waals surface area contributed by atoms with Gasteiger partial charge in [0.25, 0.3) is 0 Å². The Morgan fingerprint density at radius 2 is 2.00 bits per heavy atom. The molecule has 1 amide bonds. The molecule has 0 bridgehead atoms. The summed E-state index contributed by atoms with van der Waals surface area (Å²) in [5, 5.41) is 2.94. The number of hydrogen-bond acceptors (Lipinski definition) is 4. The van der Waals surface area contributed by atoms with Crippen molar-refractivity contribution in [1.29, 1.82) is 0 Å². The van der Waals surface area contributed by atoms with Crippen LogP contribution in [0.4, 0.5) is 0 Å². The Labute approximate surface area is 129 Å². The van der Waals surface area contributed by atoms with E-state index in [0.29, 0.717) is 0 Å². The van der Waals surface area contributed by atoms with E-state index in [1.807, 2.05) is 6.92 Å². The summed E-state index contributed by atoms with van der Waals surface area (Å²) >= 11 is 0. The van der Waals surface area contributed by atoms with Crippen LogP contribution in [0.25, 0.3) is 0 Å². The van der Waals surface area contributed by atoms with Crippen LogP contribution in [0.15, 0.2) is 0 Å². The van der Waals surface area contributed by atoms with Gasteiger partial charge in [0.2, 0.25) is 5.91 Å². The Bertz CT molecular complexity index is 269. The Morgan fingerprint density at radius 3 is 2.60 bits per heavy atom. The molecule has 0 aromatic heterocycles. The maximum absolute atomic E-state index is 11.9. The normalized spacial score (nSPS) is 18.9. The van der Waals surface area contributed by atoms with Gasteiger partial charge in [-0.05, 0) is 32.7 Å². The van der Waals surface area contributed by atoms with Gasteiger partial charge in [-0.25, -0.2) is 0 Å². The van der Waals surface area contributed by atoms with Crippen molar-refractivity contribution in [3.63, 3.8) is 0 Å². The summed E-state index contributed by atoms with van der Waals surface area (Å²) in [6.45, 7) is 9.42. The number of nitrogens with one attached hydrogen (secondary N) is 1. The van der Waals surface area contributed by atoms with E-state index < -0.39 is 5.54 Å². The van der Waals surface area contributed by atoms with Crippen LogP contribution in [-0.2, 0) is 9.53 Å². The molecule has 0 spiro atoms. The number of unbranched alkanes of at least 4 members (excludes halogenated alkanes) is 1. The third kappa shape index (κ3) is 7.43. The van der Waals surface area contributed by atoms with Gasteiger partial charge in [-0.15, -0.1) is 12.4 Å². The Kier molecular flexibility index (Phi) is 10.2. The maximum atomic E-state index is 11.9. The fourth-order valence-electron chi connectivity index (χ4n) is 2.32. The van der Waals surface area contributed by atoms with Gasteiger partial charge >= 0.3 is 0 Å². The lowest BCUT2D eigenvalue weighted by atomic mass is 9.96. The van der Waals surface area contributed by atoms with Crippen LogP contribution >= 0.6 is 12.4 Å². The number of carbonyl (C=O) groups is 1. The highest BCUT2D eigenvalue weighted by Crippen LogP contribution is 2.08. The number of nitrogens with zero attached hydrogens (tertiary/aromatic N) is 1. The summed E-state index contributed by atoms with van der Waals surface area (Å²) < 4.78 is 5.31. The van der Waals surface area contributed by atoms with E-state index in [0.717, 1.165) is 65.1 Å². The van der Waals surface area contributed by atoms with Gasteiger partial charge in [-0.2, -0.15) is 0 Å². The predicted octanol–water partition coefficient (Wildman–Crippen LogP) is 1.15. The largest absolute Gasteiger partial charge is 0.379 e. The van der Waals surface area contributed by atoms with Gasteiger partial charge in [0.05, 0.1) is 18.8 Å². The topological polar surface area (TPSA) is 67.6 Å². The zero-order valence-electron chi connectivity index (χ0n) is 12.8. The monoisotopic (exact) mass is 307 g/mol. The van der Waals surface area contributed by atoms with E-state index in [2.05, 4.69) is 10.2 Å². The minimum Gasteiger partial charge on any atom is -0.379 e. The second kappa shape index (κ2) is 10.4. The lowest BCUT2D eigenvalue weighted by Crippen LogP contribution is -2.51. The zero-order chi connectivity index (χ0) is 14.1. The zero-order valence-corrected chi connectivity index (χ0v) is 13.6. The molecule has 0 radical (unpaired) electrons. The van der Waals surface area contributed by atoms with Crippen molar-refractivity contribution in [3.05, 3.63) is 0 Å². The van der Waals surface area contributed by atoms with Crippen molar-refractivity contribution in [1.82, 2.24) is 10.2 Å². The van der Waals surface area contributed by atoms with E-state index in [-0.39, 0.29) is 18.3 Å². The van der Waals surface area contributed by atoms with Gasteiger partial charge in [-0.3, -0.25) is 9.69 Å². The third-order valence-electron chi connectivity index (χ3n) is 3.58. The molecule has 1 aliphatic heterocycles. The number of ether oxygens (including phenoxy) is 1. The highest BCUT2D eigenvalue weighted by Gasteiger charge is 2.26. The van der Waals surface area contributed by atoms with Gasteiger partial charge in [-0.1, -0.05) is 13.3 Å². The molecular formula is C14H30ClN3O2. The first kappa shape index (κ1) is 19.6. The van der Waals surface area contributed by atoms with Crippen molar-refractivity contribution in [2.24, 2.45) is 5.73 Å². The van der Waals surface area contributed by atoms with Crippen molar-refractivity contribution >= 4 is 18.3 Å². The summed E-state index contributed by atoms with van der Waals surface area (Å²) in [5.74, 6) is -0.0271. The van der Waals surface area contributed by atoms with Gasteiger partial charge in [0.15, 0.2) is 0 Å². The van der Waals surface area contributed by atoms with Crippen molar-refractivity contribution < 1.29 is 9.53 Å². The second-order valence-corrected chi connectivity index (χ2v) is 5.58. The van der Waals surface area contributed by atoms with Crippen LogP contribution in [0.1, 0.15) is 39.5 Å². The summed E-state index contributed by atoms with van der Waals surface area (Å²) in [4.78, 5) is 14.3. The summed E-state index contributed by atoms with van der Waals surface area (Å²) in [6, 6.07) is 0. The van der Waals surface area contributed by atoms with Gasteiger partial charge < -0.3 is 15.8 Å². The molecule has 0 aliphatic carbocycles. The average Bonchev–Trinajstić information content (AvgIpc) is 2.39. The maximum Gasteiger partial charge on any atom is 0.239 e. The number of amides is 1. The fraction of sp³-hybridized carbons (Fsp3) is 0.929. The molecule has 6 heteroatoms. The fourth-order valence-corrected chi connectivity index (χ4v) is 2.32. The van der Waals surface area contributed by atoms with Crippen LogP contribution in [0.5, 0.6) is 0 Å². The van der Waals surface area contributed by atoms with E-state index in [9.17, 15) is 4.79 Å². The minimum absolute atomic E-state index is 0. The molecule has 5 nitrogen and oxygen atoms in total. The molecule has 1 heterocycles. The molecule has 1 unspecified atom stereocenters. The van der Waals surface area contributed by atoms with E-state index in [1.165, 1.54) is 0 Å². The molecule has 20 heavy (non-hydrogen) atoms. The van der Waals surface area contributed by atoms with Crippen molar-refractivity contribution in [2.75, 3.05) is 39.4 Å². The lowest BCUT2D eigenvalue weighted by molar-refractivity contribution is -0.126. The molecule has 0 saturated carbocycles. The van der Waals surface area contributed by atoms with E-state index >= 15 is 0 Å². The molecule has 3 N–H and O–H groups in total.